The lowest BCUT2D eigenvalue weighted by molar-refractivity contribution is -0.143. The third-order valence-electron chi connectivity index (χ3n) is 23.1. The van der Waals surface area contributed by atoms with E-state index >= 15 is 0 Å². The number of rotatable bonds is 85. The lowest BCUT2D eigenvalue weighted by Gasteiger charge is -2.34. The number of allylic oxidation sites excluding steroid dienone is 8. The second-order valence-corrected chi connectivity index (χ2v) is 64.3. The van der Waals surface area contributed by atoms with Gasteiger partial charge in [-0.05, 0) is 164 Å². The highest BCUT2D eigenvalue weighted by molar-refractivity contribution is 6.85. The third-order valence-corrected chi connectivity index (χ3v) is 47.9. The molecule has 126 heavy (non-hydrogen) atoms. The Morgan fingerprint density at radius 2 is 0.460 bits per heavy atom. The highest BCUT2D eigenvalue weighted by atomic mass is 28.4. The van der Waals surface area contributed by atoms with E-state index in [0.29, 0.717) is 26.4 Å². The average Bonchev–Trinajstić information content (AvgIpc) is 0.878. The van der Waals surface area contributed by atoms with Gasteiger partial charge in [0.1, 0.15) is 0 Å². The van der Waals surface area contributed by atoms with Crippen molar-refractivity contribution in [2.24, 2.45) is 0 Å². The van der Waals surface area contributed by atoms with Crippen molar-refractivity contribution < 1.29 is 61.7 Å². The summed E-state index contributed by atoms with van der Waals surface area (Å²) < 4.78 is 31.8. The van der Waals surface area contributed by atoms with Crippen molar-refractivity contribution in [2.75, 3.05) is 60.8 Å². The maximum atomic E-state index is 11.5. The highest BCUT2D eigenvalue weighted by Gasteiger charge is 2.34. The number of nitrogens with one attached hydrogen (secondary N) is 2. The second kappa shape index (κ2) is 104. The Balaban J connectivity index is -0.000000198. The van der Waals surface area contributed by atoms with Crippen LogP contribution in [0.25, 0.3) is 0 Å². The molecule has 0 aliphatic heterocycles. The summed E-state index contributed by atoms with van der Waals surface area (Å²) in [5.41, 5.74) is 0. The Labute approximate surface area is 791 Å². The molecule has 0 radical (unpaired) electrons. The number of alkyl carbamates (subject to hydrolysis) is 2. The Morgan fingerprint density at radius 1 is 0.262 bits per heavy atom. The van der Waals surface area contributed by atoms with Crippen molar-refractivity contribution in [3.63, 3.8) is 0 Å². The van der Waals surface area contributed by atoms with Crippen LogP contribution in [0.5, 0.6) is 0 Å². The van der Waals surface area contributed by atoms with E-state index in [0.717, 1.165) is 32.1 Å². The molecule has 0 saturated carbocycles. The average molecular weight is 1890 g/mol. The number of esters is 2. The smallest absolute Gasteiger partial charge is 0.406 e. The second-order valence-electron chi connectivity index (χ2n) is 37.1. The summed E-state index contributed by atoms with van der Waals surface area (Å²) >= 11 is 0. The van der Waals surface area contributed by atoms with Crippen molar-refractivity contribution in [1.82, 2.24) is 10.6 Å². The van der Waals surface area contributed by atoms with Crippen LogP contribution in [0.1, 0.15) is 364 Å². The summed E-state index contributed by atoms with van der Waals surface area (Å²) in [6.45, 7) is 53.0. The first-order chi connectivity index (χ1) is 58.6. The minimum atomic E-state index is -1.49. The number of ether oxygens (including phenoxy) is 4. The molecule has 0 spiro atoms. The molecular formula is C105H218N2O13Si6. The Bertz CT molecular complexity index is 2300. The van der Waals surface area contributed by atoms with Gasteiger partial charge in [0.15, 0.2) is 33.3 Å². The number of aliphatic hydroxyl groups excluding tert-OH is 3. The fourth-order valence-electron chi connectivity index (χ4n) is 16.3. The van der Waals surface area contributed by atoms with E-state index in [9.17, 15) is 19.2 Å². The third kappa shape index (κ3) is 106. The number of methoxy groups -OCH3 is 3. The number of carbonyl (C=O) groups excluding carboxylic acids is 4. The van der Waals surface area contributed by atoms with E-state index in [-0.39, 0.29) is 67.6 Å². The molecule has 0 rings (SSSR count). The highest BCUT2D eigenvalue weighted by Crippen LogP contribution is 2.33. The van der Waals surface area contributed by atoms with Crippen molar-refractivity contribution in [3.05, 3.63) is 101 Å². The van der Waals surface area contributed by atoms with Gasteiger partial charge in [-0.1, -0.05) is 360 Å². The number of hydrogen-bond donors (Lipinski definition) is 5. The fraction of sp³-hybridized carbons (Fsp3) is 0.810. The fourth-order valence-corrected chi connectivity index (χ4v) is 42.2. The molecule has 0 saturated heterocycles. The summed E-state index contributed by atoms with van der Waals surface area (Å²) in [7, 11) is -4.70. The molecule has 750 valence electrons. The summed E-state index contributed by atoms with van der Waals surface area (Å²) in [6, 6.07) is 15.2. The lowest BCUT2D eigenvalue weighted by atomic mass is 10.1. The van der Waals surface area contributed by atoms with Gasteiger partial charge >= 0.3 is 24.1 Å². The maximum absolute atomic E-state index is 11.5. The molecule has 0 unspecified atom stereocenters. The molecule has 2 amide bonds. The van der Waals surface area contributed by atoms with Crippen LogP contribution in [0.3, 0.4) is 0 Å². The van der Waals surface area contributed by atoms with Crippen molar-refractivity contribution >= 4 is 73.5 Å². The molecule has 0 fully saturated rings. The van der Waals surface area contributed by atoms with Gasteiger partial charge < -0.3 is 53.1 Å². The minimum absolute atomic E-state index is 0. The van der Waals surface area contributed by atoms with Crippen LogP contribution in [0.4, 0.5) is 9.59 Å². The summed E-state index contributed by atoms with van der Waals surface area (Å²) in [5.74, 6) is -0.640. The van der Waals surface area contributed by atoms with Gasteiger partial charge in [0, 0.05) is 32.9 Å². The van der Waals surface area contributed by atoms with Crippen LogP contribution in [-0.4, -0.2) is 150 Å². The first-order valence-electron chi connectivity index (χ1n) is 49.6. The van der Waals surface area contributed by atoms with Gasteiger partial charge in [-0.15, -0.1) is 52.6 Å². The number of unbranched alkanes of at least 4 members (excludes halogenated alkanes) is 44. The van der Waals surface area contributed by atoms with Gasteiger partial charge in [0.2, 0.25) is 0 Å². The van der Waals surface area contributed by atoms with E-state index in [1.807, 2.05) is 12.2 Å². The largest absolute Gasteiger partial charge is 0.469 e. The standard InChI is InChI=1S/C25H45NO4Si.2C25H54O2Si2.C20H38OSi.C6H11NO4.4CH4/c1-5-20-31(21-6-2,22-7-3)23-16-14-12-10-8-9-11-13-15-19-30-24(27)17-18-26-25(28)29-4;2*1-6-7-8-9-10-15-18-21-24-28(2,3)27-29(4,5)25-22-19-16-13-11-12-14-17-20-23-26;1-4-17-22(18-5-2,19-6-3)20-15-13-11-9-7-8-10-12-14-16-21;1-10-5(8)3-4-7-6(9)11-2;;;;/h5-7H,1-3,8-23H2,4H3,(H,26,28);2*6,26H,1,7-25H2,2-5H3;4-6,21H,1-3,7-20H2;3-4H2,1-2H3,(H,7,9);4*1H4. The predicted molar refractivity (Wildman–Crippen MR) is 575 cm³/mol. The van der Waals surface area contributed by atoms with E-state index < -0.39 is 61.6 Å². The molecule has 0 aromatic carbocycles. The topological polar surface area (TPSA) is 208 Å². The Morgan fingerprint density at radius 3 is 0.667 bits per heavy atom. The van der Waals surface area contributed by atoms with Gasteiger partial charge in [-0.25, -0.2) is 9.59 Å². The molecule has 0 atom stereocenters. The van der Waals surface area contributed by atoms with E-state index in [1.165, 1.54) is 383 Å². The first kappa shape index (κ1) is 140. The summed E-state index contributed by atoms with van der Waals surface area (Å²) in [4.78, 5) is 43.3. The van der Waals surface area contributed by atoms with Crippen molar-refractivity contribution in [1.29, 1.82) is 0 Å². The quantitative estimate of drug-likeness (QED) is 0.0126. The zero-order valence-electron chi connectivity index (χ0n) is 82.2. The molecule has 21 heteroatoms. The monoisotopic (exact) mass is 1880 g/mol. The van der Waals surface area contributed by atoms with Crippen LogP contribution < -0.4 is 10.6 Å². The van der Waals surface area contributed by atoms with Crippen LogP contribution >= 0.6 is 0 Å². The van der Waals surface area contributed by atoms with Gasteiger partial charge in [0.05, 0.1) is 56.9 Å². The van der Waals surface area contributed by atoms with Crippen molar-refractivity contribution in [2.45, 2.75) is 488 Å². The number of hydrogen-bond acceptors (Lipinski definition) is 13. The first-order valence-corrected chi connectivity index (χ1v) is 67.7. The molecule has 15 nitrogen and oxygen atoms in total. The lowest BCUT2D eigenvalue weighted by Crippen LogP contribution is -2.44. The SMILES string of the molecule is C.C.C.C.C=CCCCCCCCC[Si](C)(C)O[Si](C)(C)CCCCCCCCCCCO.C=CCCCCCCCC[Si](C)(C)O[Si](C)(C)CCCCCCCCCCCO.C=CC[Si](CC=C)(CC=C)CCCCCCCCCCCO.C=CC[Si](CC=C)(CC=C)CCCCCCCCCCCOC(=O)CCNC(=O)OC.COC(=O)CCNC(=O)OC. The van der Waals surface area contributed by atoms with E-state index in [1.54, 1.807) is 0 Å². The molecule has 0 bridgehead atoms. The Kier molecular flexibility index (Phi) is 115. The molecular weight excluding hydrogens is 1670 g/mol. The molecule has 0 heterocycles. The van der Waals surface area contributed by atoms with Gasteiger partial charge in [-0.3, -0.25) is 9.59 Å². The normalized spacial score (nSPS) is 11.1. The van der Waals surface area contributed by atoms with E-state index in [4.69, 9.17) is 28.3 Å². The van der Waals surface area contributed by atoms with E-state index in [2.05, 4.69) is 166 Å². The van der Waals surface area contributed by atoms with Gasteiger partial charge in [-0.2, -0.15) is 0 Å². The number of carbonyl (C=O) groups is 4. The van der Waals surface area contributed by atoms with Crippen LogP contribution in [0.2, 0.25) is 125 Å². The predicted octanol–water partition coefficient (Wildman–Crippen LogP) is 33.4. The molecule has 0 aliphatic carbocycles. The maximum Gasteiger partial charge on any atom is 0.406 e. The zero-order chi connectivity index (χ0) is 92.1. The van der Waals surface area contributed by atoms with Crippen LogP contribution in [0, 0.1) is 0 Å². The zero-order valence-corrected chi connectivity index (χ0v) is 88.2. The number of aliphatic hydroxyl groups is 3. The molecule has 0 aromatic heterocycles. The summed E-state index contributed by atoms with van der Waals surface area (Å²) in [6.07, 6.45) is 80.8. The Hall–Kier alpha value is -3.50. The molecule has 0 aromatic rings. The molecule has 0 aliphatic rings. The number of amides is 2. The molecule has 5 N–H and O–H groups in total. The van der Waals surface area contributed by atoms with Crippen molar-refractivity contribution in [3.8, 4) is 0 Å². The summed E-state index contributed by atoms with van der Waals surface area (Å²) in [5, 5.41) is 31.1. The minimum Gasteiger partial charge on any atom is -0.469 e. The van der Waals surface area contributed by atoms with Crippen LogP contribution in [-0.2, 0) is 36.8 Å². The van der Waals surface area contributed by atoms with Crippen LogP contribution in [0.15, 0.2) is 101 Å². The van der Waals surface area contributed by atoms with Gasteiger partial charge in [0.25, 0.3) is 0 Å².